The predicted molar refractivity (Wildman–Crippen MR) is 70.8 cm³/mol. The maximum atomic E-state index is 10.3. The minimum atomic E-state index is -0.257. The lowest BCUT2D eigenvalue weighted by Gasteiger charge is -2.10. The van der Waals surface area contributed by atoms with Gasteiger partial charge in [-0.05, 0) is 13.8 Å². The highest BCUT2D eigenvalue weighted by atomic mass is 16.6. The summed E-state index contributed by atoms with van der Waals surface area (Å²) < 4.78 is 19.2. The van der Waals surface area contributed by atoms with E-state index >= 15 is 0 Å². The van der Waals surface area contributed by atoms with Gasteiger partial charge in [-0.25, -0.2) is 0 Å². The van der Waals surface area contributed by atoms with Crippen LogP contribution in [-0.4, -0.2) is 51.6 Å². The van der Waals surface area contributed by atoms with Gasteiger partial charge in [-0.1, -0.05) is 0 Å². The van der Waals surface area contributed by atoms with Gasteiger partial charge in [0.15, 0.2) is 0 Å². The first-order valence-corrected chi connectivity index (χ1v) is 6.31. The van der Waals surface area contributed by atoms with E-state index in [4.69, 9.17) is 14.2 Å². The summed E-state index contributed by atoms with van der Waals surface area (Å²) in [4.78, 5) is 20.5. The molecule has 0 aliphatic heterocycles. The van der Waals surface area contributed by atoms with Gasteiger partial charge in [0.2, 0.25) is 0 Å². The van der Waals surface area contributed by atoms with Crippen LogP contribution in [0.25, 0.3) is 0 Å². The molecule has 0 bridgehead atoms. The molecule has 0 amide bonds. The van der Waals surface area contributed by atoms with Gasteiger partial charge in [0, 0.05) is 40.6 Å². The highest BCUT2D eigenvalue weighted by Gasteiger charge is 2.03. The van der Waals surface area contributed by atoms with Gasteiger partial charge in [0.1, 0.15) is 6.10 Å². The normalized spacial score (nSPS) is 11.0. The number of hydrogen-bond donors (Lipinski definition) is 0. The quantitative estimate of drug-likeness (QED) is 0.495. The monoisotopic (exact) mass is 278 g/mol. The number of carbonyl (C=O) groups is 2. The van der Waals surface area contributed by atoms with Crippen LogP contribution >= 0.6 is 0 Å². The smallest absolute Gasteiger partial charge is 0.302 e. The number of carbonyl (C=O) groups excluding carboxylic acids is 2. The lowest BCUT2D eigenvalue weighted by Crippen LogP contribution is -2.18. The predicted octanol–water partition coefficient (Wildman–Crippen LogP) is 1.56. The van der Waals surface area contributed by atoms with E-state index < -0.39 is 0 Å². The van der Waals surface area contributed by atoms with Crippen molar-refractivity contribution in [1.82, 2.24) is 0 Å². The van der Waals surface area contributed by atoms with Crippen LogP contribution in [0.5, 0.6) is 0 Å². The molecule has 0 aromatic rings. The SMILES string of the molecule is CCOCC(C)OC(C)=O.COCCCOC(C)=O. The standard InChI is InChI=1S/C7H14O3.C6H12O3/c1-4-9-5-6(2)10-7(3)8;1-6(7)9-5-3-4-8-2/h6H,4-5H2,1-3H3;3-5H2,1-2H3. The molecule has 6 heteroatoms. The maximum Gasteiger partial charge on any atom is 0.302 e. The summed E-state index contributed by atoms with van der Waals surface area (Å²) in [6.45, 7) is 8.74. The van der Waals surface area contributed by atoms with Crippen molar-refractivity contribution in [3.8, 4) is 0 Å². The fraction of sp³-hybridized carbons (Fsp3) is 0.846. The zero-order valence-electron chi connectivity index (χ0n) is 12.6. The molecule has 0 N–H and O–H groups in total. The van der Waals surface area contributed by atoms with E-state index in [1.165, 1.54) is 13.8 Å². The summed E-state index contributed by atoms with van der Waals surface area (Å²) in [7, 11) is 1.62. The van der Waals surface area contributed by atoms with Gasteiger partial charge in [-0.3, -0.25) is 9.59 Å². The number of esters is 2. The minimum absolute atomic E-state index is 0.127. The van der Waals surface area contributed by atoms with Gasteiger partial charge >= 0.3 is 11.9 Å². The topological polar surface area (TPSA) is 71.1 Å². The molecule has 1 atom stereocenters. The number of hydrogen-bond acceptors (Lipinski definition) is 6. The van der Waals surface area contributed by atoms with E-state index in [-0.39, 0.29) is 18.0 Å². The number of rotatable bonds is 8. The molecule has 0 heterocycles. The highest BCUT2D eigenvalue weighted by Crippen LogP contribution is 1.91. The Balaban J connectivity index is 0. The molecule has 0 fully saturated rings. The highest BCUT2D eigenvalue weighted by molar-refractivity contribution is 5.66. The molecule has 0 aromatic carbocycles. The Hall–Kier alpha value is -1.14. The Bertz CT molecular complexity index is 229. The fourth-order valence-electron chi connectivity index (χ4n) is 1.02. The van der Waals surface area contributed by atoms with E-state index in [0.717, 1.165) is 6.42 Å². The van der Waals surface area contributed by atoms with Gasteiger partial charge in [-0.2, -0.15) is 0 Å². The van der Waals surface area contributed by atoms with E-state index in [0.29, 0.717) is 26.4 Å². The van der Waals surface area contributed by atoms with Crippen molar-refractivity contribution in [2.45, 2.75) is 40.2 Å². The molecule has 0 aliphatic rings. The van der Waals surface area contributed by atoms with Crippen LogP contribution in [0.2, 0.25) is 0 Å². The number of ether oxygens (including phenoxy) is 4. The molecule has 0 radical (unpaired) electrons. The Morgan fingerprint density at radius 2 is 1.74 bits per heavy atom. The number of methoxy groups -OCH3 is 1. The fourth-order valence-corrected chi connectivity index (χ4v) is 1.02. The Labute approximate surface area is 115 Å². The second-order valence-electron chi connectivity index (χ2n) is 3.77. The van der Waals surface area contributed by atoms with E-state index in [9.17, 15) is 9.59 Å². The molecular formula is C13H26O6. The van der Waals surface area contributed by atoms with Crippen LogP contribution < -0.4 is 0 Å². The summed E-state index contributed by atoms with van der Waals surface area (Å²) in [6, 6.07) is 0. The maximum absolute atomic E-state index is 10.3. The Morgan fingerprint density at radius 1 is 1.11 bits per heavy atom. The lowest BCUT2D eigenvalue weighted by atomic mass is 10.4. The molecule has 0 aliphatic carbocycles. The van der Waals surface area contributed by atoms with Gasteiger partial charge in [0.05, 0.1) is 13.2 Å². The van der Waals surface area contributed by atoms with Crippen LogP contribution in [0.1, 0.15) is 34.1 Å². The largest absolute Gasteiger partial charge is 0.466 e. The third-order valence-corrected chi connectivity index (χ3v) is 1.72. The molecule has 0 saturated heterocycles. The summed E-state index contributed by atoms with van der Waals surface area (Å²) in [6.07, 6.45) is 0.647. The molecule has 0 saturated carbocycles. The minimum Gasteiger partial charge on any atom is -0.466 e. The van der Waals surface area contributed by atoms with Crippen LogP contribution in [0.3, 0.4) is 0 Å². The first-order chi connectivity index (χ1) is 8.93. The van der Waals surface area contributed by atoms with E-state index in [1.54, 1.807) is 14.0 Å². The molecule has 114 valence electrons. The Morgan fingerprint density at radius 3 is 2.16 bits per heavy atom. The summed E-state index contributed by atoms with van der Waals surface area (Å²) >= 11 is 0. The second kappa shape index (κ2) is 14.9. The van der Waals surface area contributed by atoms with Gasteiger partial charge < -0.3 is 18.9 Å². The average Bonchev–Trinajstić information content (AvgIpc) is 2.32. The zero-order chi connectivity index (χ0) is 15.1. The molecule has 1 unspecified atom stereocenters. The molecule has 19 heavy (non-hydrogen) atoms. The molecular weight excluding hydrogens is 252 g/mol. The lowest BCUT2D eigenvalue weighted by molar-refractivity contribution is -0.148. The third kappa shape index (κ3) is 22.5. The van der Waals surface area contributed by atoms with Crippen LogP contribution in [0.15, 0.2) is 0 Å². The zero-order valence-corrected chi connectivity index (χ0v) is 12.6. The first kappa shape index (κ1) is 20.2. The van der Waals surface area contributed by atoms with Crippen LogP contribution in [0.4, 0.5) is 0 Å². The van der Waals surface area contributed by atoms with Crippen LogP contribution in [0, 0.1) is 0 Å². The van der Waals surface area contributed by atoms with Crippen molar-refractivity contribution in [3.05, 3.63) is 0 Å². The van der Waals surface area contributed by atoms with Gasteiger partial charge in [0.25, 0.3) is 0 Å². The van der Waals surface area contributed by atoms with Crippen molar-refractivity contribution in [2.24, 2.45) is 0 Å². The van der Waals surface area contributed by atoms with E-state index in [1.807, 2.05) is 6.92 Å². The third-order valence-electron chi connectivity index (χ3n) is 1.72. The average molecular weight is 278 g/mol. The first-order valence-electron chi connectivity index (χ1n) is 6.31. The summed E-state index contributed by atoms with van der Waals surface area (Å²) in [5.41, 5.74) is 0. The van der Waals surface area contributed by atoms with Crippen molar-refractivity contribution in [1.29, 1.82) is 0 Å². The molecule has 0 aromatic heterocycles. The second-order valence-corrected chi connectivity index (χ2v) is 3.77. The summed E-state index contributed by atoms with van der Waals surface area (Å²) in [5.74, 6) is -0.488. The van der Waals surface area contributed by atoms with Crippen molar-refractivity contribution in [2.75, 3.05) is 33.5 Å². The van der Waals surface area contributed by atoms with E-state index in [2.05, 4.69) is 4.74 Å². The molecule has 6 nitrogen and oxygen atoms in total. The summed E-state index contributed by atoms with van der Waals surface area (Å²) in [5, 5.41) is 0. The van der Waals surface area contributed by atoms with Crippen molar-refractivity contribution in [3.63, 3.8) is 0 Å². The van der Waals surface area contributed by atoms with Gasteiger partial charge in [-0.15, -0.1) is 0 Å². The van der Waals surface area contributed by atoms with Crippen LogP contribution in [-0.2, 0) is 28.5 Å². The van der Waals surface area contributed by atoms with Crippen molar-refractivity contribution < 1.29 is 28.5 Å². The Kier molecular flexibility index (Phi) is 15.8. The molecule has 0 rings (SSSR count). The van der Waals surface area contributed by atoms with Crippen molar-refractivity contribution >= 4 is 11.9 Å². The molecule has 0 spiro atoms.